The van der Waals surface area contributed by atoms with Crippen LogP contribution >= 0.6 is 28.3 Å². The van der Waals surface area contributed by atoms with Crippen molar-refractivity contribution in [1.82, 2.24) is 0 Å². The molecule has 84 valence electrons. The van der Waals surface area contributed by atoms with Crippen LogP contribution in [0.25, 0.3) is 0 Å². The van der Waals surface area contributed by atoms with Crippen LogP contribution in [0.15, 0.2) is 16.6 Å². The molecular formula is C9H11BrClNO3. The van der Waals surface area contributed by atoms with E-state index in [1.54, 1.807) is 12.1 Å². The van der Waals surface area contributed by atoms with Gasteiger partial charge in [0.05, 0.1) is 19.9 Å². The number of methoxy groups -OCH3 is 2. The van der Waals surface area contributed by atoms with Crippen molar-refractivity contribution in [3.05, 3.63) is 22.2 Å². The van der Waals surface area contributed by atoms with Gasteiger partial charge in [-0.3, -0.25) is 0 Å². The first kappa shape index (κ1) is 14.1. The summed E-state index contributed by atoms with van der Waals surface area (Å²) in [5.41, 5.74) is 6.36. The zero-order valence-corrected chi connectivity index (χ0v) is 10.6. The first-order chi connectivity index (χ1) is 6.60. The average molecular weight is 297 g/mol. The molecular weight excluding hydrogens is 285 g/mol. The second kappa shape index (κ2) is 5.82. The van der Waals surface area contributed by atoms with Crippen molar-refractivity contribution in [2.24, 2.45) is 0 Å². The molecule has 0 saturated carbocycles. The zero-order chi connectivity index (χ0) is 10.7. The molecule has 4 nitrogen and oxygen atoms in total. The highest BCUT2D eigenvalue weighted by Gasteiger charge is 2.16. The molecule has 0 aliphatic rings. The lowest BCUT2D eigenvalue weighted by Crippen LogP contribution is -2.06. The minimum absolute atomic E-state index is 0. The number of rotatable bonds is 2. The quantitative estimate of drug-likeness (QED) is 0.671. The van der Waals surface area contributed by atoms with E-state index < -0.39 is 5.97 Å². The molecule has 1 rings (SSSR count). The number of halogens is 2. The first-order valence-electron chi connectivity index (χ1n) is 3.81. The molecule has 0 bridgehead atoms. The molecule has 2 N–H and O–H groups in total. The summed E-state index contributed by atoms with van der Waals surface area (Å²) in [6.45, 7) is 0. The van der Waals surface area contributed by atoms with E-state index in [9.17, 15) is 4.79 Å². The number of carbonyl (C=O) groups is 1. The summed E-state index contributed by atoms with van der Waals surface area (Å²) in [7, 11) is 2.75. The smallest absolute Gasteiger partial charge is 0.341 e. The Morgan fingerprint density at radius 3 is 2.47 bits per heavy atom. The van der Waals surface area contributed by atoms with E-state index in [0.29, 0.717) is 21.5 Å². The van der Waals surface area contributed by atoms with Gasteiger partial charge < -0.3 is 15.2 Å². The zero-order valence-electron chi connectivity index (χ0n) is 8.24. The van der Waals surface area contributed by atoms with Gasteiger partial charge in [0.25, 0.3) is 0 Å². The molecule has 0 amide bonds. The van der Waals surface area contributed by atoms with Crippen molar-refractivity contribution < 1.29 is 14.3 Å². The molecule has 0 aromatic heterocycles. The fourth-order valence-electron chi connectivity index (χ4n) is 1.10. The second-order valence-electron chi connectivity index (χ2n) is 2.57. The number of nitrogens with two attached hydrogens (primary N) is 1. The van der Waals surface area contributed by atoms with Crippen LogP contribution in [0.1, 0.15) is 10.4 Å². The molecule has 1 aromatic rings. The first-order valence-corrected chi connectivity index (χ1v) is 4.60. The largest absolute Gasteiger partial charge is 0.494 e. The Morgan fingerprint density at radius 1 is 1.40 bits per heavy atom. The van der Waals surface area contributed by atoms with Crippen LogP contribution in [0.2, 0.25) is 0 Å². The van der Waals surface area contributed by atoms with Crippen molar-refractivity contribution in [3.8, 4) is 5.75 Å². The molecule has 0 aliphatic heterocycles. The van der Waals surface area contributed by atoms with Gasteiger partial charge in [0.15, 0.2) is 5.75 Å². The highest BCUT2D eigenvalue weighted by Crippen LogP contribution is 2.30. The van der Waals surface area contributed by atoms with E-state index in [4.69, 9.17) is 10.5 Å². The maximum atomic E-state index is 11.3. The molecule has 0 heterocycles. The Hall–Kier alpha value is -0.940. The Balaban J connectivity index is 0.00000196. The average Bonchev–Trinajstić information content (AvgIpc) is 2.15. The molecule has 1 aromatic carbocycles. The summed E-state index contributed by atoms with van der Waals surface area (Å²) in [6, 6.07) is 3.26. The number of ether oxygens (including phenoxy) is 2. The van der Waals surface area contributed by atoms with Gasteiger partial charge in [-0.2, -0.15) is 0 Å². The summed E-state index contributed by atoms with van der Waals surface area (Å²) < 4.78 is 10.3. The number of nitrogen functional groups attached to an aromatic ring is 1. The third kappa shape index (κ3) is 3.00. The van der Waals surface area contributed by atoms with Crippen LogP contribution in [-0.2, 0) is 4.74 Å². The molecule has 0 aliphatic carbocycles. The van der Waals surface area contributed by atoms with Crippen molar-refractivity contribution >= 4 is 40.0 Å². The van der Waals surface area contributed by atoms with Crippen molar-refractivity contribution in [3.63, 3.8) is 0 Å². The number of benzene rings is 1. The molecule has 0 saturated heterocycles. The minimum atomic E-state index is -0.477. The monoisotopic (exact) mass is 295 g/mol. The number of carbonyl (C=O) groups excluding carboxylic acids is 1. The summed E-state index contributed by atoms with van der Waals surface area (Å²) >= 11 is 3.23. The Kier molecular flexibility index (Phi) is 5.46. The SMILES string of the molecule is COC(=O)c1cc(Br)cc(N)c1OC.Cl. The predicted octanol–water partition coefficient (Wildman–Crippen LogP) is 2.25. The van der Waals surface area contributed by atoms with Crippen molar-refractivity contribution in [2.45, 2.75) is 0 Å². The van der Waals surface area contributed by atoms with Gasteiger partial charge in [-0.1, -0.05) is 15.9 Å². The van der Waals surface area contributed by atoms with Gasteiger partial charge in [0.2, 0.25) is 0 Å². The van der Waals surface area contributed by atoms with Crippen molar-refractivity contribution in [2.75, 3.05) is 20.0 Å². The minimum Gasteiger partial charge on any atom is -0.494 e. The van der Waals surface area contributed by atoms with Gasteiger partial charge in [-0.15, -0.1) is 12.4 Å². The lowest BCUT2D eigenvalue weighted by molar-refractivity contribution is 0.0597. The predicted molar refractivity (Wildman–Crippen MR) is 63.7 cm³/mol. The van der Waals surface area contributed by atoms with E-state index in [1.165, 1.54) is 14.2 Å². The number of esters is 1. The van der Waals surface area contributed by atoms with Gasteiger partial charge in [0, 0.05) is 4.47 Å². The molecule has 0 spiro atoms. The van der Waals surface area contributed by atoms with Crippen LogP contribution in [0.5, 0.6) is 5.75 Å². The van der Waals surface area contributed by atoms with Crippen LogP contribution in [0.3, 0.4) is 0 Å². The fourth-order valence-corrected chi connectivity index (χ4v) is 1.58. The molecule has 15 heavy (non-hydrogen) atoms. The Bertz CT molecular complexity index is 371. The van der Waals surface area contributed by atoms with Crippen LogP contribution in [-0.4, -0.2) is 20.2 Å². The van der Waals surface area contributed by atoms with Crippen molar-refractivity contribution in [1.29, 1.82) is 0 Å². The third-order valence-electron chi connectivity index (χ3n) is 1.69. The van der Waals surface area contributed by atoms with E-state index in [-0.39, 0.29) is 12.4 Å². The Morgan fingerprint density at radius 2 is 2.00 bits per heavy atom. The van der Waals surface area contributed by atoms with Crippen LogP contribution in [0.4, 0.5) is 5.69 Å². The van der Waals surface area contributed by atoms with E-state index in [1.807, 2.05) is 0 Å². The topological polar surface area (TPSA) is 61.5 Å². The van der Waals surface area contributed by atoms with E-state index >= 15 is 0 Å². The summed E-state index contributed by atoms with van der Waals surface area (Å²) in [5.74, 6) is -0.144. The Labute approximate surface area is 102 Å². The van der Waals surface area contributed by atoms with E-state index in [2.05, 4.69) is 20.7 Å². The van der Waals surface area contributed by atoms with E-state index in [0.717, 1.165) is 0 Å². The van der Waals surface area contributed by atoms with Crippen LogP contribution < -0.4 is 10.5 Å². The van der Waals surface area contributed by atoms with Gasteiger partial charge in [-0.05, 0) is 12.1 Å². The molecule has 0 radical (unpaired) electrons. The van der Waals surface area contributed by atoms with Gasteiger partial charge >= 0.3 is 5.97 Å². The molecule has 0 fully saturated rings. The highest BCUT2D eigenvalue weighted by atomic mass is 79.9. The molecule has 0 unspecified atom stereocenters. The normalized spacial score (nSPS) is 9.00. The lowest BCUT2D eigenvalue weighted by Gasteiger charge is -2.09. The summed E-state index contributed by atoms with van der Waals surface area (Å²) in [6.07, 6.45) is 0. The standard InChI is InChI=1S/C9H10BrNO3.ClH/c1-13-8-6(9(12)14-2)3-5(10)4-7(8)11;/h3-4H,11H2,1-2H3;1H. The summed E-state index contributed by atoms with van der Waals surface area (Å²) in [5, 5.41) is 0. The number of hydrogen-bond donors (Lipinski definition) is 1. The molecule has 0 atom stereocenters. The lowest BCUT2D eigenvalue weighted by atomic mass is 10.2. The number of hydrogen-bond acceptors (Lipinski definition) is 4. The fraction of sp³-hybridized carbons (Fsp3) is 0.222. The summed E-state index contributed by atoms with van der Waals surface area (Å²) in [4.78, 5) is 11.3. The second-order valence-corrected chi connectivity index (χ2v) is 3.48. The number of anilines is 1. The van der Waals surface area contributed by atoms with Gasteiger partial charge in [0.1, 0.15) is 5.56 Å². The third-order valence-corrected chi connectivity index (χ3v) is 2.15. The maximum Gasteiger partial charge on any atom is 0.341 e. The van der Waals surface area contributed by atoms with Crippen LogP contribution in [0, 0.1) is 0 Å². The molecule has 6 heteroatoms. The van der Waals surface area contributed by atoms with Gasteiger partial charge in [-0.25, -0.2) is 4.79 Å². The highest BCUT2D eigenvalue weighted by molar-refractivity contribution is 9.10. The maximum absolute atomic E-state index is 11.3.